The van der Waals surface area contributed by atoms with E-state index in [1.54, 1.807) is 6.07 Å². The number of H-pyrrole nitrogens is 1. The molecule has 3 rings (SSSR count). The average Bonchev–Trinajstić information content (AvgIpc) is 3.08. The second-order valence-electron chi connectivity index (χ2n) is 8.65. The molecule has 0 saturated carbocycles. The summed E-state index contributed by atoms with van der Waals surface area (Å²) in [7, 11) is 0. The number of nitrogens with one attached hydrogen (secondary N) is 2. The Morgan fingerprint density at radius 3 is 2.84 bits per heavy atom. The van der Waals surface area contributed by atoms with Crippen molar-refractivity contribution < 1.29 is 23.8 Å². The van der Waals surface area contributed by atoms with E-state index in [0.29, 0.717) is 29.8 Å². The summed E-state index contributed by atoms with van der Waals surface area (Å²) < 4.78 is 18.3. The van der Waals surface area contributed by atoms with Crippen molar-refractivity contribution in [2.75, 3.05) is 19.8 Å². The Morgan fingerprint density at radius 2 is 2.13 bits per heavy atom. The highest BCUT2D eigenvalue weighted by Gasteiger charge is 2.32. The van der Waals surface area contributed by atoms with Crippen molar-refractivity contribution in [2.24, 2.45) is 23.7 Å². The number of hydrogen-bond acceptors (Lipinski definition) is 4. The highest BCUT2D eigenvalue weighted by molar-refractivity contribution is 5.77. The molecule has 168 valence electrons. The van der Waals surface area contributed by atoms with Crippen molar-refractivity contribution >= 4 is 22.9 Å². The van der Waals surface area contributed by atoms with Crippen molar-refractivity contribution in [2.45, 2.75) is 33.6 Å². The molecule has 0 aliphatic heterocycles. The molecule has 1 aromatic heterocycles. The molecule has 1 amide bonds. The third kappa shape index (κ3) is 6.13. The number of fused-ring (bicyclic) bond motifs is 1. The Labute approximate surface area is 181 Å². The van der Waals surface area contributed by atoms with Crippen LogP contribution in [0, 0.1) is 29.5 Å². The maximum absolute atomic E-state index is 13.5. The van der Waals surface area contributed by atoms with Gasteiger partial charge in [0.15, 0.2) is 0 Å². The summed E-state index contributed by atoms with van der Waals surface area (Å²) in [5.74, 6) is 0.494. The number of aromatic nitrogens is 2. The van der Waals surface area contributed by atoms with E-state index in [1.807, 2.05) is 0 Å². The number of imidazole rings is 1. The lowest BCUT2D eigenvalue weighted by Gasteiger charge is -2.37. The number of halogens is 1. The lowest BCUT2D eigenvalue weighted by molar-refractivity contribution is -0.143. The summed E-state index contributed by atoms with van der Waals surface area (Å²) in [5, 5.41) is 11.4. The first-order chi connectivity index (χ1) is 14.7. The average molecular weight is 432 g/mol. The molecule has 0 saturated heterocycles. The van der Waals surface area contributed by atoms with E-state index < -0.39 is 12.6 Å². The van der Waals surface area contributed by atoms with Crippen LogP contribution in [-0.2, 0) is 20.7 Å². The van der Waals surface area contributed by atoms with Crippen molar-refractivity contribution in [3.8, 4) is 0 Å². The van der Waals surface area contributed by atoms with Gasteiger partial charge in [0, 0.05) is 13.0 Å². The van der Waals surface area contributed by atoms with Gasteiger partial charge in [0.1, 0.15) is 24.9 Å². The van der Waals surface area contributed by atoms with Gasteiger partial charge in [-0.25, -0.2) is 14.2 Å². The third-order valence-electron chi connectivity index (χ3n) is 6.01. The van der Waals surface area contributed by atoms with Crippen LogP contribution in [0.2, 0.25) is 0 Å². The molecule has 0 fully saturated rings. The second-order valence-corrected chi connectivity index (χ2v) is 8.65. The van der Waals surface area contributed by atoms with E-state index >= 15 is 0 Å². The van der Waals surface area contributed by atoms with Gasteiger partial charge in [-0.3, -0.25) is 4.79 Å². The second kappa shape index (κ2) is 10.0. The molecule has 31 heavy (non-hydrogen) atoms. The Kier molecular flexibility index (Phi) is 7.43. The van der Waals surface area contributed by atoms with E-state index in [0.717, 1.165) is 24.2 Å². The van der Waals surface area contributed by atoms with Crippen LogP contribution in [0.1, 0.15) is 33.0 Å². The molecule has 1 aliphatic rings. The van der Waals surface area contributed by atoms with E-state index in [2.05, 4.69) is 42.1 Å². The van der Waals surface area contributed by atoms with Crippen LogP contribution in [0.4, 0.5) is 4.39 Å². The predicted molar refractivity (Wildman–Crippen MR) is 115 cm³/mol. The van der Waals surface area contributed by atoms with Crippen LogP contribution in [0.3, 0.4) is 0 Å². The number of aliphatic carboxylic acids is 1. The van der Waals surface area contributed by atoms with Crippen LogP contribution >= 0.6 is 0 Å². The topological polar surface area (TPSA) is 104 Å². The van der Waals surface area contributed by atoms with E-state index in [1.165, 1.54) is 17.7 Å². The minimum Gasteiger partial charge on any atom is -0.480 e. The van der Waals surface area contributed by atoms with E-state index in [9.17, 15) is 14.0 Å². The number of aromatic amines is 1. The zero-order valence-electron chi connectivity index (χ0n) is 18.2. The van der Waals surface area contributed by atoms with Crippen molar-refractivity contribution in [3.05, 3.63) is 41.5 Å². The molecular formula is C23H30FN3O4. The minimum atomic E-state index is -1.10. The fraction of sp³-hybridized carbons (Fsp3) is 0.522. The van der Waals surface area contributed by atoms with Gasteiger partial charge in [0.25, 0.3) is 0 Å². The fourth-order valence-electron chi connectivity index (χ4n) is 4.39. The maximum Gasteiger partial charge on any atom is 0.329 e. The largest absolute Gasteiger partial charge is 0.480 e. The third-order valence-corrected chi connectivity index (χ3v) is 6.01. The number of ether oxygens (including phenoxy) is 1. The Hall–Kier alpha value is -2.74. The molecule has 8 heteroatoms. The fourth-order valence-corrected chi connectivity index (χ4v) is 4.39. The first-order valence-corrected chi connectivity index (χ1v) is 10.6. The van der Waals surface area contributed by atoms with Crippen LogP contribution in [0.5, 0.6) is 0 Å². The molecule has 0 bridgehead atoms. The van der Waals surface area contributed by atoms with Crippen LogP contribution in [0.25, 0.3) is 11.0 Å². The number of carbonyl (C=O) groups is 2. The Morgan fingerprint density at radius 1 is 1.35 bits per heavy atom. The zero-order valence-corrected chi connectivity index (χ0v) is 18.2. The minimum absolute atomic E-state index is 0.199. The van der Waals surface area contributed by atoms with Gasteiger partial charge in [-0.15, -0.1) is 0 Å². The van der Waals surface area contributed by atoms with Gasteiger partial charge in [-0.1, -0.05) is 25.5 Å². The molecule has 1 aromatic carbocycles. The predicted octanol–water partition coefficient (Wildman–Crippen LogP) is 3.32. The Bertz CT molecular complexity index is 969. The highest BCUT2D eigenvalue weighted by atomic mass is 19.1. The normalized spacial score (nSPS) is 21.3. The number of carboxylic acids is 1. The number of rotatable bonds is 9. The number of carboxylic acid groups (broad SMARTS) is 1. The van der Waals surface area contributed by atoms with Crippen LogP contribution in [-0.4, -0.2) is 46.7 Å². The summed E-state index contributed by atoms with van der Waals surface area (Å²) in [6.07, 6.45) is 3.96. The number of allylic oxidation sites excluding steroid dienone is 1. The smallest absolute Gasteiger partial charge is 0.329 e. The summed E-state index contributed by atoms with van der Waals surface area (Å²) >= 11 is 0. The lowest BCUT2D eigenvalue weighted by Crippen LogP contribution is -2.38. The van der Waals surface area contributed by atoms with Gasteiger partial charge >= 0.3 is 5.97 Å². The SMILES string of the molecule is CC1=C[C@@H](CNC(=O)COCC(=O)O)[C@H](C(C)C)C[C@H]1Cc1nc2ccc(F)cc2[nH]1. The number of hydrogen-bond donors (Lipinski definition) is 3. The van der Waals surface area contributed by atoms with E-state index in [-0.39, 0.29) is 24.2 Å². The summed E-state index contributed by atoms with van der Waals surface area (Å²) in [4.78, 5) is 30.3. The maximum atomic E-state index is 13.5. The molecule has 1 heterocycles. The van der Waals surface area contributed by atoms with Crippen LogP contribution < -0.4 is 5.32 Å². The standard InChI is InChI=1S/C23H30FN3O4/c1-13(2)18-7-15(8-21-26-19-5-4-17(24)9-20(19)27-21)14(3)6-16(18)10-25-22(28)11-31-12-23(29)30/h4-6,9,13,15-16,18H,7-8,10-12H2,1-3H3,(H,25,28)(H,26,27)(H,29,30)/t15-,16-,18-/m0/s1. The number of nitrogens with zero attached hydrogens (tertiary/aromatic N) is 1. The molecule has 7 nitrogen and oxygen atoms in total. The van der Waals surface area contributed by atoms with Gasteiger partial charge in [0.05, 0.1) is 11.0 Å². The van der Waals surface area contributed by atoms with Crippen molar-refractivity contribution in [1.82, 2.24) is 15.3 Å². The summed E-state index contributed by atoms with van der Waals surface area (Å²) in [6, 6.07) is 4.56. The molecule has 3 atom stereocenters. The van der Waals surface area contributed by atoms with Crippen molar-refractivity contribution in [1.29, 1.82) is 0 Å². The van der Waals surface area contributed by atoms with E-state index in [4.69, 9.17) is 9.84 Å². The first-order valence-electron chi connectivity index (χ1n) is 10.6. The monoisotopic (exact) mass is 431 g/mol. The molecule has 2 aromatic rings. The van der Waals surface area contributed by atoms with Gasteiger partial charge in [-0.2, -0.15) is 0 Å². The molecule has 0 unspecified atom stereocenters. The summed E-state index contributed by atoms with van der Waals surface area (Å²) in [5.41, 5.74) is 2.73. The first kappa shape index (κ1) is 22.9. The molecule has 0 radical (unpaired) electrons. The lowest BCUT2D eigenvalue weighted by atomic mass is 9.70. The number of benzene rings is 1. The number of amides is 1. The molecule has 1 aliphatic carbocycles. The highest BCUT2D eigenvalue weighted by Crippen LogP contribution is 2.38. The van der Waals surface area contributed by atoms with Crippen LogP contribution in [0.15, 0.2) is 29.8 Å². The zero-order chi connectivity index (χ0) is 22.5. The van der Waals surface area contributed by atoms with Crippen molar-refractivity contribution in [3.63, 3.8) is 0 Å². The molecule has 3 N–H and O–H groups in total. The Balaban J connectivity index is 1.64. The van der Waals surface area contributed by atoms with Gasteiger partial charge < -0.3 is 20.1 Å². The van der Waals surface area contributed by atoms with Gasteiger partial charge in [-0.05, 0) is 55.2 Å². The molecule has 0 spiro atoms. The molecular weight excluding hydrogens is 401 g/mol. The quantitative estimate of drug-likeness (QED) is 0.529. The van der Waals surface area contributed by atoms with Gasteiger partial charge in [0.2, 0.25) is 5.91 Å². The summed E-state index contributed by atoms with van der Waals surface area (Å²) in [6.45, 7) is 6.22. The number of carbonyl (C=O) groups excluding carboxylic acids is 1.